The lowest BCUT2D eigenvalue weighted by Crippen LogP contribution is -2.39. The van der Waals surface area contributed by atoms with E-state index in [1.165, 1.54) is 17.4 Å². The van der Waals surface area contributed by atoms with Crippen molar-refractivity contribution in [1.29, 1.82) is 0 Å². The molecule has 0 bridgehead atoms. The van der Waals surface area contributed by atoms with E-state index in [-0.39, 0.29) is 11.5 Å². The lowest BCUT2D eigenvalue weighted by molar-refractivity contribution is -0.165. The molecule has 2 unspecified atom stereocenters. The predicted molar refractivity (Wildman–Crippen MR) is 137 cm³/mol. The second kappa shape index (κ2) is 12.8. The minimum Gasteiger partial charge on any atom is -0.479 e. The van der Waals surface area contributed by atoms with Gasteiger partial charge in [0.1, 0.15) is 0 Å². The van der Waals surface area contributed by atoms with Crippen molar-refractivity contribution < 1.29 is 34.8 Å². The Morgan fingerprint density at radius 1 is 0.947 bits per heavy atom. The first kappa shape index (κ1) is 28.3. The summed E-state index contributed by atoms with van der Waals surface area (Å²) >= 11 is 7.09. The zero-order valence-electron chi connectivity index (χ0n) is 19.3. The number of carboxylic acids is 2. The Morgan fingerprint density at radius 2 is 1.58 bits per heavy atom. The number of nitrogens with one attached hydrogen (secondary N) is 1. The molecule has 14 heteroatoms. The number of carbonyl (C=O) groups excluding carboxylic acids is 1. The number of pyridine rings is 1. The highest BCUT2D eigenvalue weighted by Crippen LogP contribution is 2.21. The van der Waals surface area contributed by atoms with Gasteiger partial charge in [0.25, 0.3) is 11.5 Å². The van der Waals surface area contributed by atoms with Gasteiger partial charge in [0, 0.05) is 29.8 Å². The maximum Gasteiger partial charge on any atom is 0.335 e. The summed E-state index contributed by atoms with van der Waals surface area (Å²) in [6, 6.07) is 16.0. The van der Waals surface area contributed by atoms with Crippen LogP contribution in [0, 0.1) is 0 Å². The van der Waals surface area contributed by atoms with E-state index >= 15 is 0 Å². The average Bonchev–Trinajstić information content (AvgIpc) is 3.56. The number of nitrogens with zero attached hydrogens (tertiary/aromatic N) is 3. The van der Waals surface area contributed by atoms with E-state index in [1.807, 2.05) is 41.1 Å². The van der Waals surface area contributed by atoms with Crippen LogP contribution in [0.4, 0.5) is 0 Å². The van der Waals surface area contributed by atoms with E-state index in [2.05, 4.69) is 10.3 Å². The Balaban J connectivity index is 0.000000342. The third-order valence-corrected chi connectivity index (χ3v) is 6.15. The van der Waals surface area contributed by atoms with Crippen molar-refractivity contribution in [3.63, 3.8) is 0 Å². The van der Waals surface area contributed by atoms with Gasteiger partial charge < -0.3 is 30.3 Å². The van der Waals surface area contributed by atoms with Crippen molar-refractivity contribution in [2.45, 2.75) is 18.8 Å². The first-order valence-corrected chi connectivity index (χ1v) is 11.9. The number of rotatable bonds is 8. The molecule has 0 radical (unpaired) electrons. The molecule has 4 rings (SSSR count). The monoisotopic (exact) mass is 560 g/mol. The molecule has 4 aromatic rings. The third kappa shape index (κ3) is 7.36. The Kier molecular flexibility index (Phi) is 9.51. The molecule has 0 aliphatic heterocycles. The van der Waals surface area contributed by atoms with E-state index in [9.17, 15) is 19.2 Å². The van der Waals surface area contributed by atoms with Gasteiger partial charge in [-0.25, -0.2) is 14.6 Å². The highest BCUT2D eigenvalue weighted by molar-refractivity contribution is 7.18. The summed E-state index contributed by atoms with van der Waals surface area (Å²) in [6.07, 6.45) is 0.740. The van der Waals surface area contributed by atoms with Crippen LogP contribution in [-0.4, -0.2) is 64.6 Å². The average molecular weight is 561 g/mol. The number of carboxylic acid groups (broad SMARTS) is 2. The molecule has 0 fully saturated rings. The molecule has 0 aliphatic carbocycles. The summed E-state index contributed by atoms with van der Waals surface area (Å²) in [5.74, 6) is -3.71. The summed E-state index contributed by atoms with van der Waals surface area (Å²) in [4.78, 5) is 48.4. The minimum absolute atomic E-state index is 0.0806. The fourth-order valence-corrected chi connectivity index (χ4v) is 3.95. The molecule has 0 saturated heterocycles. The Hall–Kier alpha value is -4.30. The number of hydrogen-bond donors (Lipinski definition) is 5. The summed E-state index contributed by atoms with van der Waals surface area (Å²) in [5, 5.41) is 35.4. The van der Waals surface area contributed by atoms with E-state index < -0.39 is 24.1 Å². The molecule has 2 atom stereocenters. The lowest BCUT2D eigenvalue weighted by Gasteiger charge is -2.07. The quantitative estimate of drug-likeness (QED) is 0.213. The van der Waals surface area contributed by atoms with Gasteiger partial charge in [-0.15, -0.1) is 11.3 Å². The third-order valence-electron chi connectivity index (χ3n) is 4.92. The molecule has 0 spiro atoms. The van der Waals surface area contributed by atoms with Crippen LogP contribution < -0.4 is 10.9 Å². The van der Waals surface area contributed by atoms with E-state index in [1.54, 1.807) is 35.3 Å². The topological polar surface area (TPSA) is 184 Å². The number of aromatic nitrogens is 3. The standard InChI is InChI=1S/C20H15ClN4O2S.C4H6O6/c21-18-9-8-17(28-18)20(27)22-11-14-12-24(13-23-14)15-4-6-16(7-5-15)25-10-2-1-3-19(25)26;5-1(3(7)8)2(6)4(9)10/h1-10,12-13H,11H2,(H,22,27);1-2,5-6H,(H,7,8)(H,9,10). The smallest absolute Gasteiger partial charge is 0.335 e. The van der Waals surface area contributed by atoms with E-state index in [0.717, 1.165) is 17.1 Å². The van der Waals surface area contributed by atoms with E-state index in [0.29, 0.717) is 15.8 Å². The normalized spacial score (nSPS) is 12.1. The predicted octanol–water partition coefficient (Wildman–Crippen LogP) is 1.55. The van der Waals surface area contributed by atoms with Gasteiger partial charge in [0.15, 0.2) is 12.2 Å². The second-order valence-electron chi connectivity index (χ2n) is 7.55. The zero-order valence-corrected chi connectivity index (χ0v) is 20.9. The maximum absolute atomic E-state index is 12.1. The fourth-order valence-electron chi connectivity index (χ4n) is 2.99. The maximum atomic E-state index is 12.1. The van der Waals surface area contributed by atoms with Crippen molar-refractivity contribution in [2.24, 2.45) is 0 Å². The summed E-state index contributed by atoms with van der Waals surface area (Å²) in [7, 11) is 0. The van der Waals surface area contributed by atoms with Crippen molar-refractivity contribution in [2.75, 3.05) is 0 Å². The van der Waals surface area contributed by atoms with Crippen molar-refractivity contribution in [3.8, 4) is 11.4 Å². The van der Waals surface area contributed by atoms with Gasteiger partial charge in [-0.05, 0) is 42.5 Å². The van der Waals surface area contributed by atoms with Crippen LogP contribution >= 0.6 is 22.9 Å². The fraction of sp³-hybridized carbons (Fsp3) is 0.125. The number of aliphatic hydroxyl groups excluding tert-OH is 2. The van der Waals surface area contributed by atoms with Crippen LogP contribution in [0.1, 0.15) is 15.4 Å². The molecule has 3 aromatic heterocycles. The van der Waals surface area contributed by atoms with Gasteiger partial charge in [0.05, 0.1) is 27.8 Å². The molecule has 3 heterocycles. The Bertz CT molecular complexity index is 1460. The molecule has 5 N–H and O–H groups in total. The largest absolute Gasteiger partial charge is 0.479 e. The summed E-state index contributed by atoms with van der Waals surface area (Å²) in [6.45, 7) is 0.318. The molecule has 12 nitrogen and oxygen atoms in total. The van der Waals surface area contributed by atoms with Gasteiger partial charge in [-0.2, -0.15) is 0 Å². The number of carbonyl (C=O) groups is 3. The van der Waals surface area contributed by atoms with Crippen molar-refractivity contribution in [3.05, 3.63) is 98.6 Å². The number of aliphatic carboxylic acids is 2. The highest BCUT2D eigenvalue weighted by atomic mass is 35.5. The van der Waals surface area contributed by atoms with E-state index in [4.69, 9.17) is 32.0 Å². The summed E-state index contributed by atoms with van der Waals surface area (Å²) in [5.41, 5.74) is 2.35. The Labute approximate surface area is 223 Å². The number of aliphatic hydroxyl groups is 2. The first-order chi connectivity index (χ1) is 18.1. The van der Waals surface area contributed by atoms with Crippen LogP contribution in [0.5, 0.6) is 0 Å². The second-order valence-corrected chi connectivity index (χ2v) is 9.27. The van der Waals surface area contributed by atoms with Gasteiger partial charge in [-0.1, -0.05) is 17.7 Å². The molecule has 38 heavy (non-hydrogen) atoms. The molecule has 1 amide bonds. The zero-order chi connectivity index (χ0) is 27.8. The van der Waals surface area contributed by atoms with Crippen LogP contribution in [0.15, 0.2) is 78.1 Å². The highest BCUT2D eigenvalue weighted by Gasteiger charge is 2.29. The molecule has 0 saturated carbocycles. The number of amides is 1. The number of thiophene rings is 1. The lowest BCUT2D eigenvalue weighted by atomic mass is 10.2. The number of hydrogen-bond acceptors (Lipinski definition) is 8. The molecule has 0 aliphatic rings. The first-order valence-electron chi connectivity index (χ1n) is 10.7. The van der Waals surface area contributed by atoms with Gasteiger partial charge >= 0.3 is 11.9 Å². The van der Waals surface area contributed by atoms with Crippen LogP contribution in [0.25, 0.3) is 11.4 Å². The molecular formula is C24H21ClN4O8S. The molecular weight excluding hydrogens is 540 g/mol. The van der Waals surface area contributed by atoms with Crippen LogP contribution in [0.3, 0.4) is 0 Å². The van der Waals surface area contributed by atoms with Crippen LogP contribution in [-0.2, 0) is 16.1 Å². The van der Waals surface area contributed by atoms with Crippen molar-refractivity contribution in [1.82, 2.24) is 19.4 Å². The summed E-state index contributed by atoms with van der Waals surface area (Å²) < 4.78 is 4.02. The number of imidazole rings is 1. The number of benzene rings is 1. The minimum atomic E-state index is -2.27. The molecule has 198 valence electrons. The Morgan fingerprint density at radius 3 is 2.13 bits per heavy atom. The van der Waals surface area contributed by atoms with Gasteiger partial charge in [-0.3, -0.25) is 14.2 Å². The molecule has 1 aromatic carbocycles. The number of halogens is 1. The SMILES string of the molecule is O=C(NCc1cn(-c2ccc(-n3ccccc3=O)cc2)cn1)c1ccc(Cl)s1.O=C(O)C(O)C(O)C(=O)O. The van der Waals surface area contributed by atoms with Gasteiger partial charge in [0.2, 0.25) is 0 Å². The van der Waals surface area contributed by atoms with Crippen LogP contribution in [0.2, 0.25) is 4.34 Å². The van der Waals surface area contributed by atoms with Crippen molar-refractivity contribution >= 4 is 40.8 Å².